The molecule has 0 spiro atoms. The third-order valence-electron chi connectivity index (χ3n) is 17.6. The van der Waals surface area contributed by atoms with Crippen molar-refractivity contribution in [3.05, 3.63) is 279 Å². The van der Waals surface area contributed by atoms with Gasteiger partial charge in [0, 0.05) is 43.8 Å². The summed E-state index contributed by atoms with van der Waals surface area (Å²) < 4.78 is 14.3. The molecule has 18 aromatic rings. The van der Waals surface area contributed by atoms with Gasteiger partial charge in [-0.2, -0.15) is 0 Å². The minimum absolute atomic E-state index is 0.767. The van der Waals surface area contributed by atoms with Crippen LogP contribution >= 0.6 is 0 Å². The first-order chi connectivity index (χ1) is 41.7. The van der Waals surface area contributed by atoms with E-state index in [2.05, 4.69) is 267 Å². The van der Waals surface area contributed by atoms with Crippen LogP contribution in [0.3, 0.4) is 0 Å². The van der Waals surface area contributed by atoms with E-state index in [9.17, 15) is 0 Å². The standard InChI is InChI=1S/C80H46N2O2/c1-2-18-47(19-3-1)49-34-37-50(38-35-49)71-55-22-6-10-26-59(55)74(60-27-11-7-23-56(60)71)76-64-42-40-52(45-68(64)82-77-65-31-15-17-33-69(65)83-79(76)77)53-41-43-66-70(46-53)84-80-75(63-30-14-16-32-67(63)81-78(66)80)73-61-28-12-8-24-57(61)72(58-25-9-13-29-62(58)73)54-39-36-48-20-4-5-21-51(48)44-54/h1-46H. The minimum atomic E-state index is 0.767. The summed E-state index contributed by atoms with van der Waals surface area (Å²) >= 11 is 0. The molecule has 0 saturated carbocycles. The van der Waals surface area contributed by atoms with Gasteiger partial charge in [-0.1, -0.05) is 237 Å². The summed E-state index contributed by atoms with van der Waals surface area (Å²) in [6, 6.07) is 101. The number of hydrogen-bond acceptors (Lipinski definition) is 4. The predicted molar refractivity (Wildman–Crippen MR) is 352 cm³/mol. The molecule has 0 bridgehead atoms. The zero-order valence-electron chi connectivity index (χ0n) is 45.3. The number of benzene rings is 14. The molecule has 4 nitrogen and oxygen atoms in total. The van der Waals surface area contributed by atoms with Crippen molar-refractivity contribution in [2.45, 2.75) is 0 Å². The number of para-hydroxylation sites is 2. The second kappa shape index (κ2) is 18.2. The van der Waals surface area contributed by atoms with Gasteiger partial charge in [-0.15, -0.1) is 0 Å². The summed E-state index contributed by atoms with van der Waals surface area (Å²) in [7, 11) is 0. The van der Waals surface area contributed by atoms with Crippen LogP contribution in [0.25, 0.3) is 187 Å². The number of nitrogens with zero attached hydrogens (tertiary/aromatic N) is 2. The van der Waals surface area contributed by atoms with Crippen LogP contribution in [-0.4, -0.2) is 9.97 Å². The summed E-state index contributed by atoms with van der Waals surface area (Å²) in [6.45, 7) is 0. The van der Waals surface area contributed by atoms with Crippen LogP contribution in [0.4, 0.5) is 0 Å². The van der Waals surface area contributed by atoms with E-state index in [1.165, 1.54) is 65.7 Å². The molecule has 0 saturated heterocycles. The lowest BCUT2D eigenvalue weighted by Gasteiger charge is -2.19. The van der Waals surface area contributed by atoms with Crippen LogP contribution in [0.5, 0.6) is 0 Å². The summed E-state index contributed by atoms with van der Waals surface area (Å²) in [5.74, 6) is 0. The van der Waals surface area contributed by atoms with Crippen LogP contribution in [0.2, 0.25) is 0 Å². The molecule has 84 heavy (non-hydrogen) atoms. The SMILES string of the molecule is c1ccc(-c2ccc(-c3c4ccccc4c(-c4c5ccc(-c6ccc7c(c6)oc6c(-c8c9ccccc9c(-c9ccc%10ccccc%10c9)c9ccccc89)c8ccccc8nc67)cc5nc5c4oc4ccccc45)c4ccccc34)cc2)cc1. The third kappa shape index (κ3) is 6.95. The van der Waals surface area contributed by atoms with Gasteiger partial charge in [0.05, 0.1) is 11.0 Å². The van der Waals surface area contributed by atoms with Gasteiger partial charge in [-0.25, -0.2) is 9.97 Å². The molecule has 0 aliphatic heterocycles. The Labute approximate surface area is 481 Å². The Balaban J connectivity index is 0.837. The molecule has 0 amide bonds. The molecule has 388 valence electrons. The largest absolute Gasteiger partial charge is 0.454 e. The monoisotopic (exact) mass is 1070 g/mol. The lowest BCUT2D eigenvalue weighted by atomic mass is 9.84. The van der Waals surface area contributed by atoms with Crippen LogP contribution < -0.4 is 0 Å². The van der Waals surface area contributed by atoms with Gasteiger partial charge < -0.3 is 8.83 Å². The van der Waals surface area contributed by atoms with Crippen molar-refractivity contribution in [1.82, 2.24) is 9.97 Å². The Morgan fingerprint density at radius 1 is 0.202 bits per heavy atom. The topological polar surface area (TPSA) is 52.1 Å². The maximum atomic E-state index is 7.29. The summed E-state index contributed by atoms with van der Waals surface area (Å²) in [5.41, 5.74) is 20.1. The number of rotatable bonds is 6. The summed E-state index contributed by atoms with van der Waals surface area (Å²) in [4.78, 5) is 10.9. The molecule has 14 aromatic carbocycles. The zero-order valence-corrected chi connectivity index (χ0v) is 45.3. The van der Waals surface area contributed by atoms with Gasteiger partial charge in [-0.05, 0) is 141 Å². The van der Waals surface area contributed by atoms with Crippen molar-refractivity contribution in [2.75, 3.05) is 0 Å². The van der Waals surface area contributed by atoms with E-state index in [0.717, 1.165) is 121 Å². The molecular formula is C80H46N2O2. The Morgan fingerprint density at radius 2 is 0.595 bits per heavy atom. The molecule has 4 heterocycles. The van der Waals surface area contributed by atoms with Gasteiger partial charge in [0.1, 0.15) is 22.2 Å². The van der Waals surface area contributed by atoms with E-state index in [0.29, 0.717) is 0 Å². The summed E-state index contributed by atoms with van der Waals surface area (Å²) in [5, 5.41) is 15.8. The fraction of sp³-hybridized carbons (Fsp3) is 0. The van der Waals surface area contributed by atoms with E-state index in [-0.39, 0.29) is 0 Å². The zero-order chi connectivity index (χ0) is 55.0. The van der Waals surface area contributed by atoms with Crippen molar-refractivity contribution < 1.29 is 8.83 Å². The highest BCUT2D eigenvalue weighted by Gasteiger charge is 2.27. The Kier molecular flexibility index (Phi) is 10.1. The van der Waals surface area contributed by atoms with Crippen molar-refractivity contribution in [3.63, 3.8) is 0 Å². The second-order valence-electron chi connectivity index (χ2n) is 22.2. The highest BCUT2D eigenvalue weighted by Crippen LogP contribution is 2.52. The van der Waals surface area contributed by atoms with E-state index < -0.39 is 0 Å². The molecule has 0 fully saturated rings. The molecular weight excluding hydrogens is 1020 g/mol. The first kappa shape index (κ1) is 46.5. The Bertz CT molecular complexity index is 5680. The van der Waals surface area contributed by atoms with Gasteiger partial charge in [0.25, 0.3) is 0 Å². The van der Waals surface area contributed by atoms with Crippen molar-refractivity contribution in [3.8, 4) is 66.8 Å². The average Bonchev–Trinajstić information content (AvgIpc) is 2.47. The molecule has 18 rings (SSSR count). The van der Waals surface area contributed by atoms with E-state index in [1.54, 1.807) is 0 Å². The quantitative estimate of drug-likeness (QED) is 0.156. The second-order valence-corrected chi connectivity index (χ2v) is 22.2. The van der Waals surface area contributed by atoms with Gasteiger partial charge in [0.15, 0.2) is 11.2 Å². The van der Waals surface area contributed by atoms with E-state index in [1.807, 2.05) is 12.1 Å². The number of aromatic nitrogens is 2. The van der Waals surface area contributed by atoms with Crippen molar-refractivity contribution >= 4 is 120 Å². The fourth-order valence-corrected chi connectivity index (χ4v) is 13.9. The molecule has 0 unspecified atom stereocenters. The number of pyridine rings is 2. The normalized spacial score (nSPS) is 12.0. The van der Waals surface area contributed by atoms with Crippen molar-refractivity contribution in [1.29, 1.82) is 0 Å². The Hall–Kier alpha value is -11.2. The number of furan rings is 2. The van der Waals surface area contributed by atoms with Gasteiger partial charge >= 0.3 is 0 Å². The molecule has 0 N–H and O–H groups in total. The summed E-state index contributed by atoms with van der Waals surface area (Å²) in [6.07, 6.45) is 0. The molecule has 4 aromatic heterocycles. The van der Waals surface area contributed by atoms with Crippen LogP contribution in [-0.2, 0) is 0 Å². The number of hydrogen-bond donors (Lipinski definition) is 0. The van der Waals surface area contributed by atoms with E-state index >= 15 is 0 Å². The van der Waals surface area contributed by atoms with E-state index in [4.69, 9.17) is 18.8 Å². The van der Waals surface area contributed by atoms with Crippen LogP contribution in [0, 0.1) is 0 Å². The number of fused-ring (bicyclic) bond motifs is 13. The first-order valence-electron chi connectivity index (χ1n) is 28.7. The maximum Gasteiger partial charge on any atom is 0.162 e. The maximum absolute atomic E-state index is 7.29. The molecule has 0 radical (unpaired) electrons. The first-order valence-corrected chi connectivity index (χ1v) is 28.7. The van der Waals surface area contributed by atoms with Gasteiger partial charge in [0.2, 0.25) is 0 Å². The molecule has 0 atom stereocenters. The lowest BCUT2D eigenvalue weighted by Crippen LogP contribution is -1.94. The fourth-order valence-electron chi connectivity index (χ4n) is 13.9. The highest BCUT2D eigenvalue weighted by atomic mass is 16.3. The molecule has 4 heteroatoms. The molecule has 0 aliphatic carbocycles. The minimum Gasteiger partial charge on any atom is -0.454 e. The highest BCUT2D eigenvalue weighted by molar-refractivity contribution is 6.30. The van der Waals surface area contributed by atoms with Crippen molar-refractivity contribution in [2.24, 2.45) is 0 Å². The third-order valence-corrected chi connectivity index (χ3v) is 17.6. The van der Waals surface area contributed by atoms with Gasteiger partial charge in [-0.3, -0.25) is 0 Å². The average molecular weight is 1070 g/mol. The Morgan fingerprint density at radius 3 is 1.21 bits per heavy atom. The van der Waals surface area contributed by atoms with Crippen LogP contribution in [0.1, 0.15) is 0 Å². The van der Waals surface area contributed by atoms with Crippen LogP contribution in [0.15, 0.2) is 288 Å². The predicted octanol–water partition coefficient (Wildman–Crippen LogP) is 22.3. The smallest absolute Gasteiger partial charge is 0.162 e. The lowest BCUT2D eigenvalue weighted by molar-refractivity contribution is 0.669. The molecule has 0 aliphatic rings.